The number of hydrogen-bond acceptors (Lipinski definition) is 3. The Balaban J connectivity index is 1.89. The van der Waals surface area contributed by atoms with Crippen LogP contribution in [0.3, 0.4) is 0 Å². The molecule has 2 heterocycles. The van der Waals surface area contributed by atoms with Crippen molar-refractivity contribution in [3.63, 3.8) is 0 Å². The van der Waals surface area contributed by atoms with E-state index >= 15 is 0 Å². The second-order valence-electron chi connectivity index (χ2n) is 5.78. The lowest BCUT2D eigenvalue weighted by atomic mass is 10.1. The zero-order valence-corrected chi connectivity index (χ0v) is 13.1. The van der Waals surface area contributed by atoms with Crippen molar-refractivity contribution in [3.05, 3.63) is 83.4 Å². The number of benzene rings is 2. The van der Waals surface area contributed by atoms with Gasteiger partial charge in [-0.05, 0) is 12.1 Å². The number of nitrogens with zero attached hydrogens (tertiary/aromatic N) is 3. The topological polar surface area (TPSA) is 55.2 Å². The van der Waals surface area contributed by atoms with Crippen LogP contribution in [0.2, 0.25) is 0 Å². The van der Waals surface area contributed by atoms with Crippen molar-refractivity contribution >= 4 is 11.7 Å². The monoisotopic (exact) mass is 317 g/mol. The number of imidazole rings is 1. The molecular weight excluding hydrogens is 302 g/mol. The molecule has 2 aromatic carbocycles. The number of ketones is 1. The summed E-state index contributed by atoms with van der Waals surface area (Å²) in [7, 11) is 1.73. The van der Waals surface area contributed by atoms with Gasteiger partial charge in [-0.1, -0.05) is 42.5 Å². The summed E-state index contributed by atoms with van der Waals surface area (Å²) < 4.78 is 1.84. The minimum Gasteiger partial charge on any atom is -0.336 e. The van der Waals surface area contributed by atoms with Crippen molar-refractivity contribution in [2.75, 3.05) is 7.05 Å². The van der Waals surface area contributed by atoms with Crippen LogP contribution >= 0.6 is 0 Å². The number of rotatable bonds is 2. The van der Waals surface area contributed by atoms with Gasteiger partial charge < -0.3 is 4.90 Å². The molecule has 0 aliphatic carbocycles. The van der Waals surface area contributed by atoms with E-state index in [1.54, 1.807) is 36.5 Å². The minimum atomic E-state index is -0.135. The van der Waals surface area contributed by atoms with Crippen molar-refractivity contribution in [2.45, 2.75) is 6.54 Å². The van der Waals surface area contributed by atoms with E-state index in [4.69, 9.17) is 0 Å². The van der Waals surface area contributed by atoms with Gasteiger partial charge in [0, 0.05) is 12.6 Å². The highest BCUT2D eigenvalue weighted by Gasteiger charge is 2.28. The van der Waals surface area contributed by atoms with Gasteiger partial charge in [-0.25, -0.2) is 4.98 Å². The van der Waals surface area contributed by atoms with Crippen molar-refractivity contribution < 1.29 is 9.59 Å². The Bertz CT molecular complexity index is 944. The van der Waals surface area contributed by atoms with Gasteiger partial charge in [0.1, 0.15) is 12.0 Å². The first-order chi connectivity index (χ1) is 11.7. The normalized spacial score (nSPS) is 13.2. The largest absolute Gasteiger partial charge is 0.336 e. The molecule has 0 spiro atoms. The van der Waals surface area contributed by atoms with Crippen molar-refractivity contribution in [2.24, 2.45) is 0 Å². The molecule has 24 heavy (non-hydrogen) atoms. The Morgan fingerprint density at radius 2 is 1.75 bits per heavy atom. The standard InChI is InChI=1S/C19H15N3O2/c1-21-11-16-17(18(23)13-7-3-2-4-8-13)20-12-22(16)15-10-6-5-9-14(15)19(21)24/h2-10,12H,11H2,1H3. The predicted octanol–water partition coefficient (Wildman–Crippen LogP) is 2.69. The summed E-state index contributed by atoms with van der Waals surface area (Å²) in [6.07, 6.45) is 1.62. The van der Waals surface area contributed by atoms with E-state index in [-0.39, 0.29) is 11.7 Å². The van der Waals surface area contributed by atoms with Gasteiger partial charge >= 0.3 is 0 Å². The summed E-state index contributed by atoms with van der Waals surface area (Å²) in [5, 5.41) is 0. The predicted molar refractivity (Wildman–Crippen MR) is 89.2 cm³/mol. The lowest BCUT2D eigenvalue weighted by Crippen LogP contribution is -2.25. The molecule has 1 aliphatic rings. The van der Waals surface area contributed by atoms with Crippen LogP contribution in [-0.4, -0.2) is 33.2 Å². The molecule has 0 fully saturated rings. The molecule has 4 rings (SSSR count). The van der Waals surface area contributed by atoms with E-state index in [1.165, 1.54) is 0 Å². The molecule has 0 saturated carbocycles. The summed E-state index contributed by atoms with van der Waals surface area (Å²) in [5.41, 5.74) is 3.06. The summed E-state index contributed by atoms with van der Waals surface area (Å²) >= 11 is 0. The van der Waals surface area contributed by atoms with Crippen molar-refractivity contribution in [3.8, 4) is 5.69 Å². The molecule has 0 N–H and O–H groups in total. The average Bonchev–Trinajstić information content (AvgIpc) is 3.00. The Labute approximate surface area is 139 Å². The SMILES string of the molecule is CN1Cc2c(C(=O)c3ccccc3)ncn2-c2ccccc2C1=O. The van der Waals surface area contributed by atoms with Gasteiger partial charge in [-0.15, -0.1) is 0 Å². The van der Waals surface area contributed by atoms with Gasteiger partial charge in [0.15, 0.2) is 0 Å². The third-order valence-electron chi connectivity index (χ3n) is 4.25. The van der Waals surface area contributed by atoms with Crippen LogP contribution in [0.5, 0.6) is 0 Å². The summed E-state index contributed by atoms with van der Waals surface area (Å²) in [6, 6.07) is 16.4. The fraction of sp³-hybridized carbons (Fsp3) is 0.105. The molecule has 3 aromatic rings. The second kappa shape index (κ2) is 5.45. The molecule has 0 bridgehead atoms. The van der Waals surface area contributed by atoms with Crippen molar-refractivity contribution in [1.29, 1.82) is 0 Å². The van der Waals surface area contributed by atoms with Gasteiger partial charge in [0.2, 0.25) is 5.78 Å². The zero-order chi connectivity index (χ0) is 16.7. The Hall–Kier alpha value is -3.21. The summed E-state index contributed by atoms with van der Waals surface area (Å²) in [4.78, 5) is 31.3. The van der Waals surface area contributed by atoms with Gasteiger partial charge in [-0.2, -0.15) is 0 Å². The molecule has 0 radical (unpaired) electrons. The zero-order valence-electron chi connectivity index (χ0n) is 13.1. The van der Waals surface area contributed by atoms with Crippen LogP contribution in [0, 0.1) is 0 Å². The number of carbonyl (C=O) groups is 2. The van der Waals surface area contributed by atoms with E-state index in [9.17, 15) is 9.59 Å². The Morgan fingerprint density at radius 1 is 1.04 bits per heavy atom. The average molecular weight is 317 g/mol. The molecule has 0 saturated heterocycles. The highest BCUT2D eigenvalue weighted by molar-refractivity contribution is 6.09. The maximum absolute atomic E-state index is 12.8. The lowest BCUT2D eigenvalue weighted by molar-refractivity contribution is 0.0786. The number of amides is 1. The van der Waals surface area contributed by atoms with E-state index in [0.29, 0.717) is 23.4 Å². The second-order valence-corrected chi connectivity index (χ2v) is 5.78. The first kappa shape index (κ1) is 14.4. The van der Waals surface area contributed by atoms with Gasteiger partial charge in [-0.3, -0.25) is 14.2 Å². The maximum Gasteiger partial charge on any atom is 0.256 e. The van der Waals surface area contributed by atoms with E-state index in [2.05, 4.69) is 4.98 Å². The molecule has 0 unspecified atom stereocenters. The molecule has 118 valence electrons. The number of carbonyl (C=O) groups excluding carboxylic acids is 2. The Morgan fingerprint density at radius 3 is 2.54 bits per heavy atom. The quantitative estimate of drug-likeness (QED) is 0.683. The molecular formula is C19H15N3O2. The van der Waals surface area contributed by atoms with Crippen LogP contribution < -0.4 is 0 Å². The molecule has 1 aliphatic heterocycles. The molecule has 5 nitrogen and oxygen atoms in total. The van der Waals surface area contributed by atoms with E-state index in [0.717, 1.165) is 11.4 Å². The molecule has 1 amide bonds. The number of aromatic nitrogens is 2. The highest BCUT2D eigenvalue weighted by Crippen LogP contribution is 2.26. The third-order valence-corrected chi connectivity index (χ3v) is 4.25. The van der Waals surface area contributed by atoms with Crippen LogP contribution in [0.25, 0.3) is 5.69 Å². The van der Waals surface area contributed by atoms with Crippen LogP contribution in [0.15, 0.2) is 60.9 Å². The third kappa shape index (κ3) is 2.13. The van der Waals surface area contributed by atoms with Crippen LogP contribution in [0.1, 0.15) is 32.1 Å². The van der Waals surface area contributed by atoms with Gasteiger partial charge in [0.25, 0.3) is 5.91 Å². The number of hydrogen-bond donors (Lipinski definition) is 0. The number of fused-ring (bicyclic) bond motifs is 3. The molecule has 0 atom stereocenters. The first-order valence-electron chi connectivity index (χ1n) is 7.67. The van der Waals surface area contributed by atoms with Crippen molar-refractivity contribution in [1.82, 2.24) is 14.5 Å². The maximum atomic E-state index is 12.8. The summed E-state index contributed by atoms with van der Waals surface area (Å²) in [5.74, 6) is -0.197. The first-order valence-corrected chi connectivity index (χ1v) is 7.67. The van der Waals surface area contributed by atoms with Gasteiger partial charge in [0.05, 0.1) is 23.5 Å². The van der Waals surface area contributed by atoms with Crippen LogP contribution in [0.4, 0.5) is 0 Å². The molecule has 5 heteroatoms. The summed E-state index contributed by atoms with van der Waals surface area (Å²) in [6.45, 7) is 0.335. The van der Waals surface area contributed by atoms with Crippen LogP contribution in [-0.2, 0) is 6.54 Å². The Kier molecular flexibility index (Phi) is 3.27. The molecule has 1 aromatic heterocycles. The smallest absolute Gasteiger partial charge is 0.256 e. The minimum absolute atomic E-state index is 0.0626. The highest BCUT2D eigenvalue weighted by atomic mass is 16.2. The fourth-order valence-electron chi connectivity index (χ4n) is 3.01. The van der Waals surface area contributed by atoms with E-state index in [1.807, 2.05) is 41.0 Å². The van der Waals surface area contributed by atoms with E-state index < -0.39 is 0 Å². The number of para-hydroxylation sites is 1. The fourth-order valence-corrected chi connectivity index (χ4v) is 3.01. The lowest BCUT2D eigenvalue weighted by Gasteiger charge is -2.14.